The molecule has 1 rings (SSSR count). The van der Waals surface area contributed by atoms with Gasteiger partial charge in [0.2, 0.25) is 0 Å². The molecule has 1 N–H and O–H groups in total. The SMILES string of the molecule is CCCCCCCCCCCC[n+]1cc[nH]c1C. The molecule has 1 aromatic heterocycles. The summed E-state index contributed by atoms with van der Waals surface area (Å²) < 4.78 is 2.31. The predicted octanol–water partition coefficient (Wildman–Crippen LogP) is 4.53. The molecule has 0 atom stereocenters. The van der Waals surface area contributed by atoms with Gasteiger partial charge in [-0.15, -0.1) is 0 Å². The molecule has 0 unspecified atom stereocenters. The maximum Gasteiger partial charge on any atom is 0.251 e. The van der Waals surface area contributed by atoms with Gasteiger partial charge in [-0.1, -0.05) is 58.3 Å². The second-order valence-electron chi connectivity index (χ2n) is 5.42. The molecular formula is C16H31N2+. The number of nitrogens with zero attached hydrogens (tertiary/aromatic N) is 1. The van der Waals surface area contributed by atoms with E-state index in [-0.39, 0.29) is 0 Å². The summed E-state index contributed by atoms with van der Waals surface area (Å²) in [6.07, 6.45) is 18.3. The van der Waals surface area contributed by atoms with Crippen molar-refractivity contribution in [3.8, 4) is 0 Å². The summed E-state index contributed by atoms with van der Waals surface area (Å²) >= 11 is 0. The van der Waals surface area contributed by atoms with E-state index in [1.165, 1.54) is 76.6 Å². The average molecular weight is 251 g/mol. The Morgan fingerprint density at radius 3 is 1.94 bits per heavy atom. The van der Waals surface area contributed by atoms with Gasteiger partial charge in [0.25, 0.3) is 5.82 Å². The van der Waals surface area contributed by atoms with Crippen molar-refractivity contribution >= 4 is 0 Å². The molecule has 0 radical (unpaired) electrons. The summed E-state index contributed by atoms with van der Waals surface area (Å²) in [5.74, 6) is 1.27. The van der Waals surface area contributed by atoms with Crippen molar-refractivity contribution < 1.29 is 4.57 Å². The van der Waals surface area contributed by atoms with Crippen LogP contribution in [0.5, 0.6) is 0 Å². The third-order valence-electron chi connectivity index (χ3n) is 3.73. The summed E-state index contributed by atoms with van der Waals surface area (Å²) in [6, 6.07) is 0. The second kappa shape index (κ2) is 10.2. The third-order valence-corrected chi connectivity index (χ3v) is 3.73. The Bertz CT molecular complexity index is 291. The highest BCUT2D eigenvalue weighted by Gasteiger charge is 2.02. The Morgan fingerprint density at radius 2 is 1.44 bits per heavy atom. The lowest BCUT2D eigenvalue weighted by molar-refractivity contribution is -0.702. The molecule has 0 aromatic carbocycles. The lowest BCUT2D eigenvalue weighted by Gasteiger charge is -2.02. The molecule has 0 bridgehead atoms. The van der Waals surface area contributed by atoms with Crippen LogP contribution in [0.15, 0.2) is 12.4 Å². The Hall–Kier alpha value is -0.790. The molecule has 2 nitrogen and oxygen atoms in total. The fourth-order valence-corrected chi connectivity index (χ4v) is 2.45. The number of aromatic nitrogens is 2. The molecule has 104 valence electrons. The van der Waals surface area contributed by atoms with Crippen LogP contribution in [0.3, 0.4) is 0 Å². The van der Waals surface area contributed by atoms with E-state index >= 15 is 0 Å². The van der Waals surface area contributed by atoms with Gasteiger partial charge in [0.1, 0.15) is 12.4 Å². The first-order valence-corrected chi connectivity index (χ1v) is 7.88. The molecule has 18 heavy (non-hydrogen) atoms. The van der Waals surface area contributed by atoms with Crippen LogP contribution in [-0.4, -0.2) is 4.98 Å². The van der Waals surface area contributed by atoms with Gasteiger partial charge < -0.3 is 0 Å². The standard InChI is InChI=1S/C16H30N2/c1-3-4-5-6-7-8-9-10-11-12-14-18-15-13-17-16(18)2/h13,15H,3-12,14H2,1-2H3/p+1. The Kier molecular flexibility index (Phi) is 8.62. The maximum absolute atomic E-state index is 3.22. The van der Waals surface area contributed by atoms with E-state index in [1.54, 1.807) is 0 Å². The predicted molar refractivity (Wildman–Crippen MR) is 77.6 cm³/mol. The number of rotatable bonds is 11. The van der Waals surface area contributed by atoms with E-state index in [9.17, 15) is 0 Å². The molecule has 2 heteroatoms. The van der Waals surface area contributed by atoms with Gasteiger partial charge in [-0.2, -0.15) is 0 Å². The maximum atomic E-state index is 3.22. The molecule has 0 aliphatic carbocycles. The van der Waals surface area contributed by atoms with Gasteiger partial charge >= 0.3 is 0 Å². The van der Waals surface area contributed by atoms with Gasteiger partial charge in [0.05, 0.1) is 6.54 Å². The minimum absolute atomic E-state index is 1.17. The van der Waals surface area contributed by atoms with Crippen molar-refractivity contribution in [2.45, 2.75) is 84.6 Å². The van der Waals surface area contributed by atoms with Crippen LogP contribution in [0.4, 0.5) is 0 Å². The average Bonchev–Trinajstić information content (AvgIpc) is 2.77. The fraction of sp³-hybridized carbons (Fsp3) is 0.812. The minimum Gasteiger partial charge on any atom is -0.248 e. The number of unbranched alkanes of at least 4 members (excludes halogenated alkanes) is 9. The molecule has 1 heterocycles. The van der Waals surface area contributed by atoms with Gasteiger partial charge in [0, 0.05) is 6.92 Å². The summed E-state index contributed by atoms with van der Waals surface area (Å²) in [5.41, 5.74) is 0. The summed E-state index contributed by atoms with van der Waals surface area (Å²) in [5, 5.41) is 0. The Morgan fingerprint density at radius 1 is 0.889 bits per heavy atom. The number of nitrogens with one attached hydrogen (secondary N) is 1. The normalized spacial score (nSPS) is 11.0. The Labute approximate surface area is 113 Å². The van der Waals surface area contributed by atoms with Gasteiger partial charge in [0.15, 0.2) is 0 Å². The Balaban J connectivity index is 1.83. The minimum atomic E-state index is 1.17. The zero-order valence-corrected chi connectivity index (χ0v) is 12.4. The monoisotopic (exact) mass is 251 g/mol. The van der Waals surface area contributed by atoms with Crippen LogP contribution in [0, 0.1) is 6.92 Å². The van der Waals surface area contributed by atoms with Gasteiger partial charge in [-0.25, -0.2) is 9.55 Å². The van der Waals surface area contributed by atoms with Crippen LogP contribution in [-0.2, 0) is 6.54 Å². The van der Waals surface area contributed by atoms with Crippen molar-refractivity contribution in [1.82, 2.24) is 4.98 Å². The molecule has 0 amide bonds. The van der Waals surface area contributed by atoms with Crippen molar-refractivity contribution in [2.24, 2.45) is 0 Å². The van der Waals surface area contributed by atoms with E-state index in [0.717, 1.165) is 0 Å². The lowest BCUT2D eigenvalue weighted by Crippen LogP contribution is -2.34. The third kappa shape index (κ3) is 6.83. The van der Waals surface area contributed by atoms with Crippen LogP contribution < -0.4 is 4.57 Å². The topological polar surface area (TPSA) is 19.7 Å². The van der Waals surface area contributed by atoms with Crippen molar-refractivity contribution in [1.29, 1.82) is 0 Å². The molecule has 0 spiro atoms. The molecule has 1 aromatic rings. The smallest absolute Gasteiger partial charge is 0.248 e. The van der Waals surface area contributed by atoms with E-state index in [2.05, 4.69) is 29.6 Å². The van der Waals surface area contributed by atoms with Crippen molar-refractivity contribution in [2.75, 3.05) is 0 Å². The number of aryl methyl sites for hydroxylation is 2. The van der Waals surface area contributed by atoms with Crippen molar-refractivity contribution in [3.05, 3.63) is 18.2 Å². The van der Waals surface area contributed by atoms with Crippen LogP contribution in [0.25, 0.3) is 0 Å². The number of hydrogen-bond donors (Lipinski definition) is 1. The van der Waals surface area contributed by atoms with E-state index < -0.39 is 0 Å². The first kappa shape index (κ1) is 15.3. The van der Waals surface area contributed by atoms with Gasteiger partial charge in [-0.05, 0) is 12.8 Å². The largest absolute Gasteiger partial charge is 0.251 e. The van der Waals surface area contributed by atoms with Crippen LogP contribution in [0.1, 0.15) is 77.0 Å². The number of hydrogen-bond acceptors (Lipinski definition) is 0. The van der Waals surface area contributed by atoms with E-state index in [4.69, 9.17) is 0 Å². The number of aromatic amines is 1. The fourth-order valence-electron chi connectivity index (χ4n) is 2.45. The lowest BCUT2D eigenvalue weighted by atomic mass is 10.1. The first-order chi connectivity index (χ1) is 8.84. The van der Waals surface area contributed by atoms with E-state index in [0.29, 0.717) is 0 Å². The van der Waals surface area contributed by atoms with Crippen LogP contribution >= 0.6 is 0 Å². The molecule has 0 saturated heterocycles. The highest BCUT2D eigenvalue weighted by atomic mass is 15.0. The molecule has 0 aliphatic rings. The zero-order valence-electron chi connectivity index (χ0n) is 12.4. The molecule has 0 aliphatic heterocycles. The quantitative estimate of drug-likeness (QED) is 0.440. The summed E-state index contributed by atoms with van der Waals surface area (Å²) in [6.45, 7) is 5.59. The number of imidazole rings is 1. The first-order valence-electron chi connectivity index (χ1n) is 7.88. The number of H-pyrrole nitrogens is 1. The van der Waals surface area contributed by atoms with Crippen LogP contribution in [0.2, 0.25) is 0 Å². The van der Waals surface area contributed by atoms with Gasteiger partial charge in [-0.3, -0.25) is 0 Å². The molecular weight excluding hydrogens is 220 g/mol. The molecule has 0 fully saturated rings. The zero-order chi connectivity index (χ0) is 13.1. The molecule has 0 saturated carbocycles. The highest BCUT2D eigenvalue weighted by molar-refractivity contribution is 4.70. The summed E-state index contributed by atoms with van der Waals surface area (Å²) in [7, 11) is 0. The van der Waals surface area contributed by atoms with E-state index in [1.807, 2.05) is 6.20 Å². The summed E-state index contributed by atoms with van der Waals surface area (Å²) in [4.78, 5) is 3.22. The second-order valence-corrected chi connectivity index (χ2v) is 5.42. The van der Waals surface area contributed by atoms with Crippen molar-refractivity contribution in [3.63, 3.8) is 0 Å². The highest BCUT2D eigenvalue weighted by Crippen LogP contribution is 2.10.